The number of amides is 1. The van der Waals surface area contributed by atoms with Crippen molar-refractivity contribution in [2.75, 3.05) is 5.32 Å². The fraction of sp³-hybridized carbons (Fsp3) is 0.222. The van der Waals surface area contributed by atoms with E-state index in [0.717, 1.165) is 16.7 Å². The average Bonchev–Trinajstić information content (AvgIpc) is 3.15. The molecule has 2 heterocycles. The van der Waals surface area contributed by atoms with Crippen LogP contribution in [0.2, 0.25) is 10.0 Å². The summed E-state index contributed by atoms with van der Waals surface area (Å²) in [7, 11) is 0. The molecule has 0 radical (unpaired) electrons. The van der Waals surface area contributed by atoms with Crippen molar-refractivity contribution < 1.29 is 14.0 Å². The first-order chi connectivity index (χ1) is 16.1. The van der Waals surface area contributed by atoms with E-state index in [1.54, 1.807) is 45.9 Å². The molecule has 0 saturated carbocycles. The van der Waals surface area contributed by atoms with E-state index in [1.165, 1.54) is 0 Å². The van der Waals surface area contributed by atoms with Crippen LogP contribution in [0.1, 0.15) is 44.7 Å². The number of halogens is 2. The number of nitrogens with one attached hydrogen (secondary N) is 1. The van der Waals surface area contributed by atoms with E-state index in [-0.39, 0.29) is 29.6 Å². The van der Waals surface area contributed by atoms with Gasteiger partial charge < -0.3 is 9.73 Å². The number of Topliss-reactive ketones (excluding diaryl/α,β-unsaturated/α-hetero) is 1. The first-order valence-corrected chi connectivity index (χ1v) is 11.7. The van der Waals surface area contributed by atoms with E-state index < -0.39 is 5.41 Å². The summed E-state index contributed by atoms with van der Waals surface area (Å²) in [6.07, 6.45) is 0.255. The summed E-state index contributed by atoms with van der Waals surface area (Å²) in [5.41, 5.74) is 2.78. The van der Waals surface area contributed by atoms with E-state index in [4.69, 9.17) is 32.6 Å². The second kappa shape index (κ2) is 9.24. The molecule has 0 aliphatic heterocycles. The highest BCUT2D eigenvalue weighted by atomic mass is 35.5. The fourth-order valence-electron chi connectivity index (χ4n) is 3.58. The van der Waals surface area contributed by atoms with E-state index in [2.05, 4.69) is 5.32 Å². The van der Waals surface area contributed by atoms with Gasteiger partial charge in [-0.1, -0.05) is 81.2 Å². The van der Waals surface area contributed by atoms with Crippen LogP contribution in [0.25, 0.3) is 33.5 Å². The Kier molecular flexibility index (Phi) is 6.52. The van der Waals surface area contributed by atoms with Crippen molar-refractivity contribution in [2.45, 2.75) is 34.1 Å². The zero-order valence-electron chi connectivity index (χ0n) is 19.3. The van der Waals surface area contributed by atoms with Gasteiger partial charge in [0.1, 0.15) is 5.69 Å². The molecule has 0 fully saturated rings. The van der Waals surface area contributed by atoms with Gasteiger partial charge in [0.2, 0.25) is 17.4 Å². The molecule has 34 heavy (non-hydrogen) atoms. The van der Waals surface area contributed by atoms with Crippen molar-refractivity contribution in [2.24, 2.45) is 5.41 Å². The van der Waals surface area contributed by atoms with Gasteiger partial charge in [-0.2, -0.15) is 0 Å². The molecule has 1 N–H and O–H groups in total. The topological polar surface area (TPSA) is 72.2 Å². The van der Waals surface area contributed by atoms with Gasteiger partial charge in [-0.3, -0.25) is 9.59 Å². The summed E-state index contributed by atoms with van der Waals surface area (Å²) in [5, 5.41) is 4.53. The minimum Gasteiger partial charge on any atom is -0.432 e. The monoisotopic (exact) mass is 494 g/mol. The number of pyridine rings is 1. The third-order valence-corrected chi connectivity index (χ3v) is 6.02. The van der Waals surface area contributed by atoms with E-state index in [0.29, 0.717) is 26.8 Å². The minimum absolute atomic E-state index is 0.0789. The lowest BCUT2D eigenvalue weighted by molar-refractivity contribution is -0.115. The smallest absolute Gasteiger partial charge is 0.229 e. The van der Waals surface area contributed by atoms with Gasteiger partial charge in [0.25, 0.3) is 0 Å². The number of fused-ring (bicyclic) bond motifs is 1. The second-order valence-electron chi connectivity index (χ2n) is 9.01. The van der Waals surface area contributed by atoms with Crippen LogP contribution in [0.5, 0.6) is 0 Å². The number of hydrogen-bond donors (Lipinski definition) is 1. The van der Waals surface area contributed by atoms with E-state index in [9.17, 15) is 9.59 Å². The molecular weight excluding hydrogens is 471 g/mol. The van der Waals surface area contributed by atoms with Crippen molar-refractivity contribution in [3.05, 3.63) is 70.4 Å². The lowest BCUT2D eigenvalue weighted by Crippen LogP contribution is -2.21. The zero-order chi connectivity index (χ0) is 24.6. The Bertz CT molecular complexity index is 1400. The van der Waals surface area contributed by atoms with Gasteiger partial charge in [0.15, 0.2) is 5.76 Å². The average molecular weight is 495 g/mol. The Morgan fingerprint density at radius 3 is 2.29 bits per heavy atom. The zero-order valence-corrected chi connectivity index (χ0v) is 20.8. The molecule has 7 heteroatoms. The van der Waals surface area contributed by atoms with E-state index >= 15 is 0 Å². The third kappa shape index (κ3) is 4.59. The summed E-state index contributed by atoms with van der Waals surface area (Å²) in [6, 6.07) is 16.6. The molecule has 2 aromatic heterocycles. The molecule has 0 unspecified atom stereocenters. The van der Waals surface area contributed by atoms with Crippen molar-refractivity contribution in [1.82, 2.24) is 4.98 Å². The van der Waals surface area contributed by atoms with Crippen LogP contribution in [-0.2, 0) is 4.79 Å². The van der Waals surface area contributed by atoms with Crippen LogP contribution in [-0.4, -0.2) is 16.7 Å². The first-order valence-electron chi connectivity index (χ1n) is 10.9. The summed E-state index contributed by atoms with van der Waals surface area (Å²) in [4.78, 5) is 30.4. The first kappa shape index (κ1) is 24.0. The SMILES string of the molecule is CCC(=O)Nc1c(C(=O)C(C)(C)C)oc2nc(-c3ccccc3Cl)c(-c3ccc(Cl)cc3)cc12. The summed E-state index contributed by atoms with van der Waals surface area (Å²) in [6.45, 7) is 7.15. The quantitative estimate of drug-likeness (QED) is 0.284. The lowest BCUT2D eigenvalue weighted by atomic mass is 9.88. The maximum Gasteiger partial charge on any atom is 0.229 e. The number of rotatable bonds is 5. The molecular formula is C27H24Cl2N2O3. The summed E-state index contributed by atoms with van der Waals surface area (Å²) in [5.74, 6) is -0.381. The molecule has 0 spiro atoms. The van der Waals surface area contributed by atoms with Crippen molar-refractivity contribution in [1.29, 1.82) is 0 Å². The van der Waals surface area contributed by atoms with Crippen molar-refractivity contribution >= 4 is 51.7 Å². The molecule has 2 aromatic carbocycles. The number of aromatic nitrogens is 1. The molecule has 0 aliphatic carbocycles. The number of carbonyl (C=O) groups excluding carboxylic acids is 2. The number of hydrogen-bond acceptors (Lipinski definition) is 4. The third-order valence-electron chi connectivity index (χ3n) is 5.44. The predicted octanol–water partition coefficient (Wildman–Crippen LogP) is 8.05. The van der Waals surface area contributed by atoms with Crippen LogP contribution in [0.3, 0.4) is 0 Å². The molecule has 0 aliphatic rings. The minimum atomic E-state index is -0.718. The molecule has 4 aromatic rings. The van der Waals surface area contributed by atoms with Gasteiger partial charge in [-0.25, -0.2) is 4.98 Å². The molecule has 1 amide bonds. The number of anilines is 1. The summed E-state index contributed by atoms with van der Waals surface area (Å²) >= 11 is 12.6. The van der Waals surface area contributed by atoms with Crippen molar-refractivity contribution in [3.63, 3.8) is 0 Å². The molecule has 4 rings (SSSR count). The van der Waals surface area contributed by atoms with Crippen LogP contribution in [0.15, 0.2) is 59.0 Å². The highest BCUT2D eigenvalue weighted by Crippen LogP contribution is 2.41. The van der Waals surface area contributed by atoms with Gasteiger partial charge in [-0.05, 0) is 29.8 Å². The standard InChI is InChI=1S/C27H24Cl2N2O3/c1-5-21(32)30-23-19-14-18(15-10-12-16(28)13-11-15)22(17-8-6-7-9-20(17)29)31-26(19)34-24(23)25(33)27(2,3)4/h6-14H,5H2,1-4H3,(H,30,32). The Morgan fingerprint density at radius 1 is 1.00 bits per heavy atom. The highest BCUT2D eigenvalue weighted by molar-refractivity contribution is 6.33. The number of carbonyl (C=O) groups is 2. The number of furan rings is 1. The molecule has 0 saturated heterocycles. The number of nitrogens with zero attached hydrogens (tertiary/aromatic N) is 1. The van der Waals surface area contributed by atoms with Crippen LogP contribution in [0, 0.1) is 5.41 Å². The van der Waals surface area contributed by atoms with Crippen LogP contribution in [0.4, 0.5) is 5.69 Å². The fourth-order valence-corrected chi connectivity index (χ4v) is 3.94. The van der Waals surface area contributed by atoms with Crippen LogP contribution < -0.4 is 5.32 Å². The van der Waals surface area contributed by atoms with Gasteiger partial charge in [0, 0.05) is 33.0 Å². The maximum atomic E-state index is 13.2. The number of benzene rings is 2. The van der Waals surface area contributed by atoms with Crippen LogP contribution >= 0.6 is 23.2 Å². The molecule has 0 atom stereocenters. The second-order valence-corrected chi connectivity index (χ2v) is 9.85. The molecule has 5 nitrogen and oxygen atoms in total. The Hall–Kier alpha value is -3.15. The van der Waals surface area contributed by atoms with E-state index in [1.807, 2.05) is 36.4 Å². The van der Waals surface area contributed by atoms with Gasteiger partial charge >= 0.3 is 0 Å². The predicted molar refractivity (Wildman–Crippen MR) is 138 cm³/mol. The Balaban J connectivity index is 2.07. The maximum absolute atomic E-state index is 13.2. The molecule has 174 valence electrons. The highest BCUT2D eigenvalue weighted by Gasteiger charge is 2.32. The van der Waals surface area contributed by atoms with Crippen molar-refractivity contribution in [3.8, 4) is 22.4 Å². The van der Waals surface area contributed by atoms with Gasteiger partial charge in [-0.15, -0.1) is 0 Å². The normalized spacial score (nSPS) is 11.6. The lowest BCUT2D eigenvalue weighted by Gasteiger charge is -2.15. The number of ketones is 1. The summed E-state index contributed by atoms with van der Waals surface area (Å²) < 4.78 is 6.01. The van der Waals surface area contributed by atoms with Gasteiger partial charge in [0.05, 0.1) is 11.1 Å². The Morgan fingerprint density at radius 2 is 1.68 bits per heavy atom. The largest absolute Gasteiger partial charge is 0.432 e. The molecule has 0 bridgehead atoms. The Labute approximate surface area is 208 Å².